The van der Waals surface area contributed by atoms with Crippen molar-refractivity contribution in [1.29, 1.82) is 0 Å². The van der Waals surface area contributed by atoms with Gasteiger partial charge < -0.3 is 0 Å². The van der Waals surface area contributed by atoms with Crippen LogP contribution < -0.4 is 18.9 Å². The van der Waals surface area contributed by atoms with E-state index in [4.69, 9.17) is 0 Å². The average Bonchev–Trinajstić information content (AvgIpc) is 3.04. The number of hydrogen-bond donors (Lipinski definition) is 0. The minimum absolute atomic E-state index is 0. The molecular formula is C40H52AlLi. The molecule has 216 valence electrons. The molecule has 0 fully saturated rings. The summed E-state index contributed by atoms with van der Waals surface area (Å²) in [5.74, 6) is 0. The van der Waals surface area contributed by atoms with Gasteiger partial charge in [0, 0.05) is 0 Å². The second-order valence-electron chi connectivity index (χ2n) is 12.7. The first-order chi connectivity index (χ1) is 20.3. The van der Waals surface area contributed by atoms with Crippen LogP contribution in [0.3, 0.4) is 0 Å². The molecule has 0 spiro atoms. The quantitative estimate of drug-likeness (QED) is 0.0743. The summed E-state index contributed by atoms with van der Waals surface area (Å²) >= 11 is -1.72. The maximum Gasteiger partial charge on any atom is 1.00 e. The van der Waals surface area contributed by atoms with Crippen LogP contribution in [0.4, 0.5) is 0 Å². The Morgan fingerprint density at radius 1 is 0.286 bits per heavy atom. The van der Waals surface area contributed by atoms with Crippen LogP contribution in [0.25, 0.3) is 0 Å². The maximum absolute atomic E-state index is 2.31. The van der Waals surface area contributed by atoms with Crippen LogP contribution in [-0.4, -0.2) is 13.1 Å². The molecule has 4 aromatic rings. The van der Waals surface area contributed by atoms with Crippen LogP contribution in [0.15, 0.2) is 121 Å². The molecule has 0 atom stereocenters. The Morgan fingerprint density at radius 3 is 0.714 bits per heavy atom. The van der Waals surface area contributed by atoms with Crippen molar-refractivity contribution in [3.63, 3.8) is 0 Å². The zero-order valence-electron chi connectivity index (χ0n) is 26.4. The molecule has 0 amide bonds. The Bertz CT molecular complexity index is 982. The molecule has 0 aliphatic rings. The van der Waals surface area contributed by atoms with E-state index in [9.17, 15) is 0 Å². The first-order valence-electron chi connectivity index (χ1n) is 16.7. The van der Waals surface area contributed by atoms with E-state index < -0.39 is 13.1 Å². The van der Waals surface area contributed by atoms with E-state index in [0.717, 1.165) is 0 Å². The fourth-order valence-electron chi connectivity index (χ4n) is 7.07. The summed E-state index contributed by atoms with van der Waals surface area (Å²) in [5.41, 5.74) is 6.04. The molecule has 0 saturated heterocycles. The fourth-order valence-corrected chi connectivity index (χ4v) is 13.4. The minimum Gasteiger partial charge on any atom is -0.191 e. The normalized spacial score (nSPS) is 11.2. The third-order valence-electron chi connectivity index (χ3n) is 9.50. The van der Waals surface area contributed by atoms with Gasteiger partial charge in [-0.15, -0.1) is 0 Å². The van der Waals surface area contributed by atoms with Gasteiger partial charge in [-0.1, -0.05) is 173 Å². The maximum atomic E-state index is 2.31. The van der Waals surface area contributed by atoms with E-state index in [0.29, 0.717) is 0 Å². The van der Waals surface area contributed by atoms with Crippen molar-refractivity contribution in [1.82, 2.24) is 0 Å². The summed E-state index contributed by atoms with van der Waals surface area (Å²) in [5, 5.41) is 6.23. The van der Waals surface area contributed by atoms with Gasteiger partial charge in [-0.05, 0) is 47.9 Å². The summed E-state index contributed by atoms with van der Waals surface area (Å²) in [6.45, 7) is 0. The van der Waals surface area contributed by atoms with Crippen LogP contribution in [0.2, 0.25) is 21.1 Å². The largest absolute Gasteiger partial charge is 1.00 e. The summed E-state index contributed by atoms with van der Waals surface area (Å²) in [6, 6.07) is 44.6. The van der Waals surface area contributed by atoms with Gasteiger partial charge in [0.2, 0.25) is 0 Å². The standard InChI is InChI=1S/4C10H13.Al.Li/c4*1-2-3-7-10-8-5-4-6-9-10;;/h4*4-6,8-9H,1-3,7H2;;/q;;;;-1;+1. The van der Waals surface area contributed by atoms with Crippen molar-refractivity contribution in [2.75, 3.05) is 0 Å². The van der Waals surface area contributed by atoms with E-state index in [-0.39, 0.29) is 18.9 Å². The molecule has 4 rings (SSSR count). The first-order valence-corrected chi connectivity index (χ1v) is 20.0. The number of unbranched alkanes of at least 4 members (excludes halogenated alkanes) is 4. The van der Waals surface area contributed by atoms with Gasteiger partial charge in [0.1, 0.15) is 13.1 Å². The molecule has 0 aromatic heterocycles. The molecule has 0 aliphatic heterocycles. The molecule has 0 radical (unpaired) electrons. The Labute approximate surface area is 272 Å². The molecule has 2 heteroatoms. The van der Waals surface area contributed by atoms with Gasteiger partial charge in [0.05, 0.1) is 0 Å². The predicted molar refractivity (Wildman–Crippen MR) is 183 cm³/mol. The van der Waals surface area contributed by atoms with Gasteiger partial charge in [0.15, 0.2) is 0 Å². The van der Waals surface area contributed by atoms with Gasteiger partial charge in [0.25, 0.3) is 0 Å². The summed E-state index contributed by atoms with van der Waals surface area (Å²) < 4.78 is 0. The van der Waals surface area contributed by atoms with Gasteiger partial charge >= 0.3 is 18.9 Å². The smallest absolute Gasteiger partial charge is 0.191 e. The van der Waals surface area contributed by atoms with Crippen molar-refractivity contribution >= 4 is 13.1 Å². The van der Waals surface area contributed by atoms with E-state index in [1.807, 2.05) is 0 Å². The molecule has 0 aliphatic carbocycles. The van der Waals surface area contributed by atoms with Crippen molar-refractivity contribution in [2.45, 2.75) is 98.2 Å². The summed E-state index contributed by atoms with van der Waals surface area (Å²) in [6.07, 6.45) is 16.1. The molecule has 4 aromatic carbocycles. The molecule has 0 saturated carbocycles. The van der Waals surface area contributed by atoms with Crippen LogP contribution in [0, 0.1) is 0 Å². The average molecular weight is 567 g/mol. The van der Waals surface area contributed by atoms with Crippen molar-refractivity contribution < 1.29 is 18.9 Å². The Balaban J connectivity index is 0.00000484. The van der Waals surface area contributed by atoms with E-state index in [1.165, 1.54) is 99.3 Å². The number of rotatable bonds is 20. The van der Waals surface area contributed by atoms with Crippen LogP contribution in [0.5, 0.6) is 0 Å². The second-order valence-corrected chi connectivity index (χ2v) is 18.4. The van der Waals surface area contributed by atoms with Gasteiger partial charge in [-0.25, -0.2) is 0 Å². The van der Waals surface area contributed by atoms with Crippen molar-refractivity contribution in [3.05, 3.63) is 144 Å². The number of benzene rings is 4. The molecule has 0 heterocycles. The first kappa shape index (κ1) is 34.5. The number of hydrogen-bond acceptors (Lipinski definition) is 0. The minimum atomic E-state index is -1.72. The molecule has 0 N–H and O–H groups in total. The third kappa shape index (κ3) is 13.5. The molecule has 0 bridgehead atoms. The Hall–Kier alpha value is -1.99. The zero-order chi connectivity index (χ0) is 28.3. The van der Waals surface area contributed by atoms with E-state index in [1.54, 1.807) is 21.1 Å². The van der Waals surface area contributed by atoms with Gasteiger partial charge in [-0.3, -0.25) is 0 Å². The molecule has 0 unspecified atom stereocenters. The van der Waals surface area contributed by atoms with Gasteiger partial charge in [-0.2, -0.15) is 21.1 Å². The van der Waals surface area contributed by atoms with E-state index in [2.05, 4.69) is 121 Å². The fraction of sp³-hybridized carbons (Fsp3) is 0.400. The molecule has 0 nitrogen and oxygen atoms in total. The molecule has 42 heavy (non-hydrogen) atoms. The van der Waals surface area contributed by atoms with Crippen LogP contribution in [-0.2, 0) is 25.7 Å². The predicted octanol–water partition coefficient (Wildman–Crippen LogP) is 8.53. The SMILES string of the molecule is [Li+].c1ccc(CCC[CH2][Al-]([CH2]CCCc2ccccc2)([CH2]CCCc2ccccc2)[CH2]CCCc2ccccc2)cc1. The second kappa shape index (κ2) is 20.8. The monoisotopic (exact) mass is 566 g/mol. The Kier molecular flexibility index (Phi) is 17.1. The molecular weight excluding hydrogens is 514 g/mol. The summed E-state index contributed by atoms with van der Waals surface area (Å²) in [7, 11) is 0. The van der Waals surface area contributed by atoms with Crippen molar-refractivity contribution in [2.24, 2.45) is 0 Å². The van der Waals surface area contributed by atoms with Crippen molar-refractivity contribution in [3.8, 4) is 0 Å². The summed E-state index contributed by atoms with van der Waals surface area (Å²) in [4.78, 5) is 0. The Morgan fingerprint density at radius 2 is 0.500 bits per heavy atom. The topological polar surface area (TPSA) is 0 Å². The van der Waals surface area contributed by atoms with Crippen LogP contribution >= 0.6 is 0 Å². The van der Waals surface area contributed by atoms with E-state index >= 15 is 0 Å². The number of aryl methyl sites for hydroxylation is 4. The third-order valence-corrected chi connectivity index (χ3v) is 16.0. The van der Waals surface area contributed by atoms with Crippen LogP contribution in [0.1, 0.15) is 73.6 Å². The zero-order valence-corrected chi connectivity index (χ0v) is 27.6.